The van der Waals surface area contributed by atoms with Gasteiger partial charge in [-0.15, -0.1) is 0 Å². The van der Waals surface area contributed by atoms with E-state index in [9.17, 15) is 14.4 Å². The standard InChI is InChI=1S/C25H37N5O5/c1-35-20-14-17(23(26)27)8-9-18(20)15-29-24(34)25(19-6-3-2-4-7-19)11-5-13-30(25)21(31)16-28-12-10-22(32)33/h8-9,14,19,28H,2-7,10-13,15-16H2,1H3,(H3,26,27)(H,29,34)(H,32,33)/t25-/m1/s1. The van der Waals surface area contributed by atoms with Crippen molar-refractivity contribution in [3.05, 3.63) is 29.3 Å². The van der Waals surface area contributed by atoms with E-state index in [1.807, 2.05) is 0 Å². The third-order valence-electron chi connectivity index (χ3n) is 7.23. The molecule has 0 radical (unpaired) electrons. The molecular formula is C25H37N5O5. The number of hydrogen-bond donors (Lipinski definition) is 5. The van der Waals surface area contributed by atoms with Gasteiger partial charge in [0.15, 0.2) is 0 Å². The minimum atomic E-state index is -0.922. The van der Waals surface area contributed by atoms with Crippen molar-refractivity contribution in [2.45, 2.75) is 63.5 Å². The van der Waals surface area contributed by atoms with Crippen LogP contribution >= 0.6 is 0 Å². The van der Waals surface area contributed by atoms with E-state index in [0.29, 0.717) is 24.3 Å². The molecular weight excluding hydrogens is 450 g/mol. The lowest BCUT2D eigenvalue weighted by molar-refractivity contribution is -0.149. The first kappa shape index (κ1) is 26.5. The number of likely N-dealkylation sites (tertiary alicyclic amines) is 1. The van der Waals surface area contributed by atoms with Crippen molar-refractivity contribution < 1.29 is 24.2 Å². The van der Waals surface area contributed by atoms with Gasteiger partial charge in [-0.05, 0) is 37.7 Å². The van der Waals surface area contributed by atoms with Crippen LogP contribution < -0.4 is 21.1 Å². The van der Waals surface area contributed by atoms with Gasteiger partial charge in [0.1, 0.15) is 17.1 Å². The highest BCUT2D eigenvalue weighted by atomic mass is 16.5. The fraction of sp³-hybridized carbons (Fsp3) is 0.600. The van der Waals surface area contributed by atoms with E-state index in [1.165, 1.54) is 7.11 Å². The molecule has 1 saturated carbocycles. The van der Waals surface area contributed by atoms with Crippen LogP contribution in [-0.2, 0) is 20.9 Å². The van der Waals surface area contributed by atoms with E-state index in [2.05, 4.69) is 10.6 Å². The number of carboxylic acid groups (broad SMARTS) is 1. The lowest BCUT2D eigenvalue weighted by Gasteiger charge is -2.44. The fourth-order valence-corrected chi connectivity index (χ4v) is 5.49. The molecule has 1 aromatic carbocycles. The van der Waals surface area contributed by atoms with Crippen LogP contribution in [-0.4, -0.2) is 65.9 Å². The zero-order valence-corrected chi connectivity index (χ0v) is 20.4. The van der Waals surface area contributed by atoms with Crippen LogP contribution in [0.2, 0.25) is 0 Å². The van der Waals surface area contributed by atoms with Crippen LogP contribution in [0.25, 0.3) is 0 Å². The second kappa shape index (κ2) is 12.0. The minimum absolute atomic E-state index is 0.00929. The highest BCUT2D eigenvalue weighted by Gasteiger charge is 2.54. The van der Waals surface area contributed by atoms with Crippen molar-refractivity contribution in [3.8, 4) is 5.75 Å². The summed E-state index contributed by atoms with van der Waals surface area (Å²) in [5.41, 5.74) is 5.98. The summed E-state index contributed by atoms with van der Waals surface area (Å²) < 4.78 is 5.45. The van der Waals surface area contributed by atoms with Gasteiger partial charge >= 0.3 is 5.97 Å². The van der Waals surface area contributed by atoms with Crippen molar-refractivity contribution in [2.24, 2.45) is 11.7 Å². The number of amidine groups is 1. The third kappa shape index (κ3) is 6.11. The summed E-state index contributed by atoms with van der Waals surface area (Å²) in [6, 6.07) is 5.18. The first-order valence-corrected chi connectivity index (χ1v) is 12.3. The van der Waals surface area contributed by atoms with Crippen molar-refractivity contribution in [2.75, 3.05) is 26.7 Å². The SMILES string of the molecule is COc1cc(C(=N)N)ccc1CNC(=O)[C@]1(C2CCCCC2)CCCN1C(=O)CNCCC(=O)O. The first-order chi connectivity index (χ1) is 16.8. The molecule has 1 heterocycles. The number of nitrogens with two attached hydrogens (primary N) is 1. The summed E-state index contributed by atoms with van der Waals surface area (Å²) in [5.74, 6) is -0.688. The number of carbonyl (C=O) groups is 3. The Morgan fingerprint density at radius 1 is 1.23 bits per heavy atom. The zero-order chi connectivity index (χ0) is 25.4. The Morgan fingerprint density at radius 3 is 2.63 bits per heavy atom. The van der Waals surface area contributed by atoms with Crippen LogP contribution in [0.3, 0.4) is 0 Å². The summed E-state index contributed by atoms with van der Waals surface area (Å²) in [6.07, 6.45) is 6.33. The molecule has 192 valence electrons. The molecule has 2 fully saturated rings. The van der Waals surface area contributed by atoms with Crippen molar-refractivity contribution in [3.63, 3.8) is 0 Å². The number of carbonyl (C=O) groups excluding carboxylic acids is 2. The van der Waals surface area contributed by atoms with Crippen LogP contribution in [0, 0.1) is 11.3 Å². The van der Waals surface area contributed by atoms with Gasteiger partial charge in [0, 0.05) is 30.8 Å². The summed E-state index contributed by atoms with van der Waals surface area (Å²) in [7, 11) is 1.53. The maximum absolute atomic E-state index is 13.9. The Kier molecular flexibility index (Phi) is 9.08. The van der Waals surface area contributed by atoms with Gasteiger partial charge in [-0.2, -0.15) is 0 Å². The molecule has 1 aliphatic heterocycles. The monoisotopic (exact) mass is 487 g/mol. The predicted octanol–water partition coefficient (Wildman–Crippen LogP) is 1.60. The van der Waals surface area contributed by atoms with E-state index in [-0.39, 0.29) is 49.6 Å². The average Bonchev–Trinajstić information content (AvgIpc) is 3.31. The highest BCUT2D eigenvalue weighted by Crippen LogP contribution is 2.43. The number of nitrogen functional groups attached to an aromatic ring is 1. The quantitative estimate of drug-likeness (QED) is 0.180. The van der Waals surface area contributed by atoms with Gasteiger partial charge in [-0.3, -0.25) is 19.8 Å². The number of hydrogen-bond acceptors (Lipinski definition) is 6. The average molecular weight is 488 g/mol. The Balaban J connectivity index is 1.78. The first-order valence-electron chi connectivity index (χ1n) is 12.3. The van der Waals surface area contributed by atoms with Gasteiger partial charge in [0.2, 0.25) is 11.8 Å². The summed E-state index contributed by atoms with van der Waals surface area (Å²) >= 11 is 0. The normalized spacial score (nSPS) is 20.4. The number of benzene rings is 1. The molecule has 0 spiro atoms. The van der Waals surface area contributed by atoms with E-state index < -0.39 is 11.5 Å². The van der Waals surface area contributed by atoms with Crippen LogP contribution in [0.5, 0.6) is 5.75 Å². The number of nitrogens with one attached hydrogen (secondary N) is 3. The molecule has 35 heavy (non-hydrogen) atoms. The van der Waals surface area contributed by atoms with Crippen LogP contribution in [0.1, 0.15) is 62.5 Å². The molecule has 6 N–H and O–H groups in total. The van der Waals surface area contributed by atoms with Crippen molar-refractivity contribution in [1.29, 1.82) is 5.41 Å². The lowest BCUT2D eigenvalue weighted by atomic mass is 9.72. The Bertz CT molecular complexity index is 946. The molecule has 1 aliphatic carbocycles. The maximum atomic E-state index is 13.9. The van der Waals surface area contributed by atoms with Crippen molar-refractivity contribution >= 4 is 23.6 Å². The van der Waals surface area contributed by atoms with E-state index in [0.717, 1.165) is 44.1 Å². The summed E-state index contributed by atoms with van der Waals surface area (Å²) in [5, 5.41) is 22.4. The van der Waals surface area contributed by atoms with Gasteiger partial charge in [0.05, 0.1) is 20.1 Å². The number of ether oxygens (including phenoxy) is 1. The second-order valence-corrected chi connectivity index (χ2v) is 9.35. The van der Waals surface area contributed by atoms with Gasteiger partial charge in [-0.1, -0.05) is 31.4 Å². The molecule has 1 aromatic rings. The molecule has 0 unspecified atom stereocenters. The van der Waals surface area contributed by atoms with Crippen LogP contribution in [0.15, 0.2) is 18.2 Å². The second-order valence-electron chi connectivity index (χ2n) is 9.35. The van der Waals surface area contributed by atoms with Gasteiger partial charge in [-0.25, -0.2) is 0 Å². The number of amides is 2. The van der Waals surface area contributed by atoms with E-state index in [4.69, 9.17) is 21.0 Å². The smallest absolute Gasteiger partial charge is 0.304 e. The number of nitrogens with zero attached hydrogens (tertiary/aromatic N) is 1. The van der Waals surface area contributed by atoms with Crippen LogP contribution in [0.4, 0.5) is 0 Å². The lowest BCUT2D eigenvalue weighted by Crippen LogP contribution is -2.62. The summed E-state index contributed by atoms with van der Waals surface area (Å²) in [4.78, 5) is 39.6. The molecule has 1 atom stereocenters. The number of rotatable bonds is 11. The topological polar surface area (TPSA) is 158 Å². The Morgan fingerprint density at radius 2 is 1.97 bits per heavy atom. The number of methoxy groups -OCH3 is 1. The highest BCUT2D eigenvalue weighted by molar-refractivity contribution is 5.95. The molecule has 0 bridgehead atoms. The molecule has 2 aliphatic rings. The van der Waals surface area contributed by atoms with Gasteiger partial charge in [0.25, 0.3) is 0 Å². The van der Waals surface area contributed by atoms with Crippen molar-refractivity contribution in [1.82, 2.24) is 15.5 Å². The molecule has 2 amide bonds. The Hall–Kier alpha value is -3.14. The minimum Gasteiger partial charge on any atom is -0.496 e. The Labute approximate surface area is 206 Å². The molecule has 3 rings (SSSR count). The fourth-order valence-electron chi connectivity index (χ4n) is 5.49. The largest absolute Gasteiger partial charge is 0.496 e. The number of aliphatic carboxylic acids is 1. The third-order valence-corrected chi connectivity index (χ3v) is 7.23. The summed E-state index contributed by atoms with van der Waals surface area (Å²) in [6.45, 7) is 0.955. The van der Waals surface area contributed by atoms with E-state index >= 15 is 0 Å². The molecule has 10 heteroatoms. The molecule has 0 aromatic heterocycles. The van der Waals surface area contributed by atoms with Gasteiger partial charge < -0.3 is 31.1 Å². The molecule has 1 saturated heterocycles. The predicted molar refractivity (Wildman–Crippen MR) is 131 cm³/mol. The van der Waals surface area contributed by atoms with E-state index in [1.54, 1.807) is 23.1 Å². The molecule has 10 nitrogen and oxygen atoms in total. The maximum Gasteiger partial charge on any atom is 0.304 e. The zero-order valence-electron chi connectivity index (χ0n) is 20.4. The number of carboxylic acids is 1.